The highest BCUT2D eigenvalue weighted by molar-refractivity contribution is 5.98. The fourth-order valence-electron chi connectivity index (χ4n) is 4.73. The Hall–Kier alpha value is -4.00. The molecular weight excluding hydrogens is 442 g/mol. The molecule has 1 aliphatic heterocycles. The fraction of sp³-hybridized carbons (Fsp3) is 0.286. The Kier molecular flexibility index (Phi) is 6.31. The van der Waals surface area contributed by atoms with Crippen molar-refractivity contribution in [3.63, 3.8) is 0 Å². The summed E-state index contributed by atoms with van der Waals surface area (Å²) < 4.78 is 19.2. The van der Waals surface area contributed by atoms with Crippen LogP contribution in [0.5, 0.6) is 17.2 Å². The van der Waals surface area contributed by atoms with Gasteiger partial charge in [-0.05, 0) is 42.8 Å². The van der Waals surface area contributed by atoms with Gasteiger partial charge in [-0.1, -0.05) is 30.3 Å². The van der Waals surface area contributed by atoms with E-state index in [9.17, 15) is 4.79 Å². The predicted molar refractivity (Wildman–Crippen MR) is 136 cm³/mol. The number of anilines is 1. The minimum absolute atomic E-state index is 0.0383. The van der Waals surface area contributed by atoms with Crippen LogP contribution < -0.4 is 19.1 Å². The average molecular weight is 472 g/mol. The molecule has 0 bridgehead atoms. The van der Waals surface area contributed by atoms with Gasteiger partial charge in [0.1, 0.15) is 29.7 Å². The minimum Gasteiger partial charge on any atom is -0.497 e. The molecule has 1 amide bonds. The zero-order valence-corrected chi connectivity index (χ0v) is 20.2. The van der Waals surface area contributed by atoms with E-state index >= 15 is 0 Å². The van der Waals surface area contributed by atoms with E-state index in [4.69, 9.17) is 19.2 Å². The summed E-state index contributed by atoms with van der Waals surface area (Å²) in [6.45, 7) is 3.70. The van der Waals surface area contributed by atoms with E-state index in [0.29, 0.717) is 43.3 Å². The third-order valence-corrected chi connectivity index (χ3v) is 6.52. The van der Waals surface area contributed by atoms with E-state index < -0.39 is 0 Å². The zero-order chi connectivity index (χ0) is 24.4. The fourth-order valence-corrected chi connectivity index (χ4v) is 4.73. The van der Waals surface area contributed by atoms with Gasteiger partial charge in [0.2, 0.25) is 5.91 Å². The molecule has 5 rings (SSSR count). The van der Waals surface area contributed by atoms with Crippen LogP contribution in [0, 0.1) is 6.92 Å². The quantitative estimate of drug-likeness (QED) is 0.363. The molecule has 0 radical (unpaired) electrons. The first-order chi connectivity index (χ1) is 17.1. The Balaban J connectivity index is 1.43. The number of para-hydroxylation sites is 3. The highest BCUT2D eigenvalue weighted by Crippen LogP contribution is 2.39. The zero-order valence-electron chi connectivity index (χ0n) is 20.2. The molecule has 1 aliphatic rings. The van der Waals surface area contributed by atoms with Gasteiger partial charge in [-0.3, -0.25) is 4.79 Å². The molecule has 1 saturated heterocycles. The molecule has 7 heteroatoms. The van der Waals surface area contributed by atoms with Gasteiger partial charge in [0.25, 0.3) is 0 Å². The lowest BCUT2D eigenvalue weighted by atomic mass is 10.1. The van der Waals surface area contributed by atoms with E-state index in [-0.39, 0.29) is 11.8 Å². The van der Waals surface area contributed by atoms with Gasteiger partial charge in [0.05, 0.1) is 37.5 Å². The SMILES string of the molecule is COc1ccc(OC)c(N2C[C@H](c3nc4ccccc4n3CCOc3ccccc3C)CC2=O)c1. The number of hydrogen-bond acceptors (Lipinski definition) is 5. The molecule has 1 fully saturated rings. The first-order valence-corrected chi connectivity index (χ1v) is 11.7. The molecule has 1 aromatic heterocycles. The number of methoxy groups -OCH3 is 2. The number of aryl methyl sites for hydroxylation is 1. The van der Waals surface area contributed by atoms with Crippen LogP contribution in [-0.4, -0.2) is 42.8 Å². The monoisotopic (exact) mass is 471 g/mol. The highest BCUT2D eigenvalue weighted by atomic mass is 16.5. The lowest BCUT2D eigenvalue weighted by Crippen LogP contribution is -2.25. The summed E-state index contributed by atoms with van der Waals surface area (Å²) in [5.41, 5.74) is 3.78. The highest BCUT2D eigenvalue weighted by Gasteiger charge is 2.36. The van der Waals surface area contributed by atoms with E-state index in [0.717, 1.165) is 28.2 Å². The van der Waals surface area contributed by atoms with E-state index in [1.54, 1.807) is 19.1 Å². The number of amides is 1. The number of benzene rings is 3. The van der Waals surface area contributed by atoms with E-state index in [1.165, 1.54) is 0 Å². The van der Waals surface area contributed by atoms with Crippen molar-refractivity contribution in [2.75, 3.05) is 32.3 Å². The molecule has 35 heavy (non-hydrogen) atoms. The lowest BCUT2D eigenvalue weighted by molar-refractivity contribution is -0.117. The Morgan fingerprint density at radius 2 is 1.77 bits per heavy atom. The Morgan fingerprint density at radius 3 is 2.57 bits per heavy atom. The van der Waals surface area contributed by atoms with Crippen molar-refractivity contribution < 1.29 is 19.0 Å². The minimum atomic E-state index is -0.0516. The number of carbonyl (C=O) groups is 1. The predicted octanol–water partition coefficient (Wildman–Crippen LogP) is 4.96. The van der Waals surface area contributed by atoms with Crippen LogP contribution in [0.3, 0.4) is 0 Å². The normalized spacial score (nSPS) is 15.6. The van der Waals surface area contributed by atoms with Crippen molar-refractivity contribution in [3.8, 4) is 17.2 Å². The van der Waals surface area contributed by atoms with E-state index in [1.807, 2.05) is 67.6 Å². The molecule has 0 spiro atoms. The van der Waals surface area contributed by atoms with E-state index in [2.05, 4.69) is 10.6 Å². The second-order valence-electron chi connectivity index (χ2n) is 8.67. The van der Waals surface area contributed by atoms with Crippen molar-refractivity contribution in [2.24, 2.45) is 0 Å². The molecule has 4 aromatic rings. The molecule has 2 heterocycles. The number of aromatic nitrogens is 2. The summed E-state index contributed by atoms with van der Waals surface area (Å²) in [4.78, 5) is 19.9. The molecule has 3 aromatic carbocycles. The van der Waals surface area contributed by atoms with Gasteiger partial charge < -0.3 is 23.7 Å². The Morgan fingerprint density at radius 1 is 0.971 bits per heavy atom. The molecule has 0 aliphatic carbocycles. The van der Waals surface area contributed by atoms with Crippen LogP contribution >= 0.6 is 0 Å². The van der Waals surface area contributed by atoms with Gasteiger partial charge >= 0.3 is 0 Å². The van der Waals surface area contributed by atoms with Crippen molar-refractivity contribution in [3.05, 3.63) is 78.1 Å². The Bertz CT molecular complexity index is 1360. The van der Waals surface area contributed by atoms with Gasteiger partial charge in [0, 0.05) is 24.9 Å². The van der Waals surface area contributed by atoms with Crippen LogP contribution in [0.2, 0.25) is 0 Å². The smallest absolute Gasteiger partial charge is 0.227 e. The molecule has 0 unspecified atom stereocenters. The van der Waals surface area contributed by atoms with Gasteiger partial charge in [-0.2, -0.15) is 0 Å². The molecule has 0 saturated carbocycles. The summed E-state index contributed by atoms with van der Waals surface area (Å²) in [5, 5.41) is 0. The number of rotatable bonds is 8. The van der Waals surface area contributed by atoms with Crippen LogP contribution in [-0.2, 0) is 11.3 Å². The largest absolute Gasteiger partial charge is 0.497 e. The van der Waals surface area contributed by atoms with Crippen LogP contribution in [0.4, 0.5) is 5.69 Å². The first-order valence-electron chi connectivity index (χ1n) is 11.7. The standard InChI is InChI=1S/C28H29N3O4/c1-19-8-4-7-11-25(19)35-15-14-30-23-10-6-5-9-22(23)29-28(30)20-16-27(32)31(18-20)24-17-21(33-2)12-13-26(24)34-3/h4-13,17,20H,14-16,18H2,1-3H3/t20-/m1/s1. The van der Waals surface area contributed by atoms with Gasteiger partial charge in [0.15, 0.2) is 0 Å². The van der Waals surface area contributed by atoms with Crippen molar-refractivity contribution in [1.29, 1.82) is 0 Å². The maximum absolute atomic E-state index is 13.2. The number of ether oxygens (including phenoxy) is 3. The van der Waals surface area contributed by atoms with Crippen molar-refractivity contribution >= 4 is 22.6 Å². The summed E-state index contributed by atoms with van der Waals surface area (Å²) in [6, 6.07) is 21.6. The molecule has 180 valence electrons. The van der Waals surface area contributed by atoms with Crippen LogP contribution in [0.25, 0.3) is 11.0 Å². The number of imidazole rings is 1. The molecule has 1 atom stereocenters. The first kappa shape index (κ1) is 22.8. The third-order valence-electron chi connectivity index (χ3n) is 6.52. The molecular formula is C28H29N3O4. The number of fused-ring (bicyclic) bond motifs is 1. The summed E-state index contributed by atoms with van der Waals surface area (Å²) in [5.74, 6) is 3.08. The van der Waals surface area contributed by atoms with Gasteiger partial charge in [-0.15, -0.1) is 0 Å². The number of carbonyl (C=O) groups excluding carboxylic acids is 1. The van der Waals surface area contributed by atoms with Crippen LogP contribution in [0.1, 0.15) is 23.7 Å². The summed E-state index contributed by atoms with van der Waals surface area (Å²) >= 11 is 0. The lowest BCUT2D eigenvalue weighted by Gasteiger charge is -2.20. The second kappa shape index (κ2) is 9.70. The Labute approximate surface area is 204 Å². The van der Waals surface area contributed by atoms with Crippen LogP contribution in [0.15, 0.2) is 66.7 Å². The number of hydrogen-bond donors (Lipinski definition) is 0. The van der Waals surface area contributed by atoms with Crippen molar-refractivity contribution in [1.82, 2.24) is 9.55 Å². The molecule has 0 N–H and O–H groups in total. The summed E-state index contributed by atoms with van der Waals surface area (Å²) in [7, 11) is 3.22. The topological polar surface area (TPSA) is 65.8 Å². The average Bonchev–Trinajstić information content (AvgIpc) is 3.45. The molecule has 7 nitrogen and oxygen atoms in total. The third kappa shape index (κ3) is 4.41. The van der Waals surface area contributed by atoms with Crippen molar-refractivity contribution in [2.45, 2.75) is 25.8 Å². The second-order valence-corrected chi connectivity index (χ2v) is 8.67. The maximum Gasteiger partial charge on any atom is 0.227 e. The summed E-state index contributed by atoms with van der Waals surface area (Å²) in [6.07, 6.45) is 0.377. The number of nitrogens with zero attached hydrogens (tertiary/aromatic N) is 3. The maximum atomic E-state index is 13.2. The van der Waals surface area contributed by atoms with Gasteiger partial charge in [-0.25, -0.2) is 4.98 Å².